The van der Waals surface area contributed by atoms with Gasteiger partial charge in [-0.25, -0.2) is 4.79 Å². The van der Waals surface area contributed by atoms with Crippen molar-refractivity contribution in [3.8, 4) is 0 Å². The average molecular weight is 236 g/mol. The zero-order valence-corrected chi connectivity index (χ0v) is 8.79. The van der Waals surface area contributed by atoms with Crippen LogP contribution in [0.1, 0.15) is 0 Å². The second-order valence-electron chi connectivity index (χ2n) is 2.51. The summed E-state index contributed by atoms with van der Waals surface area (Å²) in [5.74, 6) is -1.03. The Kier molecular flexibility index (Phi) is 9.38. The van der Waals surface area contributed by atoms with Gasteiger partial charge < -0.3 is 29.5 Å². The summed E-state index contributed by atoms with van der Waals surface area (Å²) in [5, 5.41) is 25.4. The number of aliphatic hydroxyl groups excluding tert-OH is 3. The number of carbonyl (C=O) groups is 1. The van der Waals surface area contributed by atoms with Crippen LogP contribution in [0.25, 0.3) is 0 Å². The lowest BCUT2D eigenvalue weighted by molar-refractivity contribution is -0.144. The van der Waals surface area contributed by atoms with E-state index >= 15 is 0 Å². The average Bonchev–Trinajstić information content (AvgIpc) is 2.30. The Morgan fingerprint density at radius 1 is 0.938 bits per heavy atom. The fourth-order valence-corrected chi connectivity index (χ4v) is 0.693. The van der Waals surface area contributed by atoms with Crippen molar-refractivity contribution in [2.75, 3.05) is 39.6 Å². The molecule has 0 saturated heterocycles. The molecule has 0 aliphatic rings. The standard InChI is InChI=1S/C9H16O7/c10-1-4-14-7-8(15-5-2-11)9(13)16-6-3-12/h7,10-12H,1-6H2. The Balaban J connectivity index is 4.16. The normalized spacial score (nSPS) is 11.1. The second-order valence-corrected chi connectivity index (χ2v) is 2.51. The number of hydrogen-bond acceptors (Lipinski definition) is 7. The van der Waals surface area contributed by atoms with Crippen molar-refractivity contribution >= 4 is 5.97 Å². The third-order valence-electron chi connectivity index (χ3n) is 1.27. The first-order chi connectivity index (χ1) is 7.76. The van der Waals surface area contributed by atoms with Gasteiger partial charge in [0, 0.05) is 0 Å². The van der Waals surface area contributed by atoms with Crippen molar-refractivity contribution in [2.24, 2.45) is 0 Å². The van der Waals surface area contributed by atoms with Crippen molar-refractivity contribution in [3.05, 3.63) is 12.0 Å². The van der Waals surface area contributed by atoms with Crippen molar-refractivity contribution < 1.29 is 34.3 Å². The molecular formula is C9H16O7. The molecule has 0 atom stereocenters. The second kappa shape index (κ2) is 10.2. The van der Waals surface area contributed by atoms with Gasteiger partial charge in [-0.2, -0.15) is 0 Å². The van der Waals surface area contributed by atoms with Gasteiger partial charge in [0.1, 0.15) is 26.1 Å². The molecule has 0 amide bonds. The number of rotatable bonds is 9. The molecule has 16 heavy (non-hydrogen) atoms. The maximum atomic E-state index is 11.3. The highest BCUT2D eigenvalue weighted by Crippen LogP contribution is 2.01. The zero-order chi connectivity index (χ0) is 12.2. The highest BCUT2D eigenvalue weighted by atomic mass is 16.6. The molecule has 0 spiro atoms. The van der Waals surface area contributed by atoms with E-state index in [9.17, 15) is 4.79 Å². The largest absolute Gasteiger partial charge is 0.495 e. The number of aliphatic hydroxyl groups is 3. The Bertz CT molecular complexity index is 214. The molecular weight excluding hydrogens is 220 g/mol. The number of carbonyl (C=O) groups excluding carboxylic acids is 1. The predicted molar refractivity (Wildman–Crippen MR) is 52.2 cm³/mol. The van der Waals surface area contributed by atoms with E-state index in [4.69, 9.17) is 24.8 Å². The predicted octanol–water partition coefficient (Wildman–Crippen LogP) is -1.62. The van der Waals surface area contributed by atoms with Gasteiger partial charge in [0.15, 0.2) is 0 Å². The van der Waals surface area contributed by atoms with Crippen LogP contribution in [-0.2, 0) is 19.0 Å². The first-order valence-corrected chi connectivity index (χ1v) is 4.70. The summed E-state index contributed by atoms with van der Waals surface area (Å²) in [5.41, 5.74) is 0. The molecule has 0 aliphatic heterocycles. The highest BCUT2D eigenvalue weighted by molar-refractivity contribution is 5.85. The minimum atomic E-state index is -0.805. The third-order valence-corrected chi connectivity index (χ3v) is 1.27. The number of ether oxygens (including phenoxy) is 3. The lowest BCUT2D eigenvalue weighted by Gasteiger charge is -2.08. The highest BCUT2D eigenvalue weighted by Gasteiger charge is 2.13. The fraction of sp³-hybridized carbons (Fsp3) is 0.667. The molecule has 3 N–H and O–H groups in total. The molecule has 7 heteroatoms. The summed E-state index contributed by atoms with van der Waals surface area (Å²) in [7, 11) is 0. The SMILES string of the molecule is O=C(OCCO)C(=COCCO)OCCO. The quantitative estimate of drug-likeness (QED) is 0.191. The van der Waals surface area contributed by atoms with Crippen LogP contribution in [0.3, 0.4) is 0 Å². The summed E-state index contributed by atoms with van der Waals surface area (Å²) in [6.07, 6.45) is 0.992. The van der Waals surface area contributed by atoms with E-state index in [2.05, 4.69) is 4.74 Å². The van der Waals surface area contributed by atoms with Crippen molar-refractivity contribution in [1.29, 1.82) is 0 Å². The monoisotopic (exact) mass is 236 g/mol. The van der Waals surface area contributed by atoms with Gasteiger partial charge in [0.25, 0.3) is 0 Å². The molecule has 0 aromatic carbocycles. The Morgan fingerprint density at radius 3 is 2.06 bits per heavy atom. The minimum Gasteiger partial charge on any atom is -0.495 e. The molecule has 0 heterocycles. The molecule has 0 rings (SSSR count). The van der Waals surface area contributed by atoms with E-state index in [-0.39, 0.29) is 45.4 Å². The third kappa shape index (κ3) is 7.04. The Labute approximate surface area is 92.9 Å². The zero-order valence-electron chi connectivity index (χ0n) is 8.79. The van der Waals surface area contributed by atoms with E-state index in [0.29, 0.717) is 0 Å². The van der Waals surface area contributed by atoms with Crippen LogP contribution in [0, 0.1) is 0 Å². The lowest BCUT2D eigenvalue weighted by atomic mass is 10.5. The van der Waals surface area contributed by atoms with Crippen molar-refractivity contribution in [1.82, 2.24) is 0 Å². The molecule has 7 nitrogen and oxygen atoms in total. The van der Waals surface area contributed by atoms with Gasteiger partial charge in [0.05, 0.1) is 19.8 Å². The Hall–Kier alpha value is -1.31. The molecule has 0 saturated carbocycles. The first kappa shape index (κ1) is 14.7. The topological polar surface area (TPSA) is 105 Å². The summed E-state index contributed by atoms with van der Waals surface area (Å²) in [4.78, 5) is 11.3. The van der Waals surface area contributed by atoms with Crippen LogP contribution in [-0.4, -0.2) is 60.9 Å². The van der Waals surface area contributed by atoms with Gasteiger partial charge in [-0.15, -0.1) is 0 Å². The summed E-state index contributed by atoms with van der Waals surface area (Å²) in [6.45, 7) is -0.975. The van der Waals surface area contributed by atoms with Crippen LogP contribution in [0.5, 0.6) is 0 Å². The minimum absolute atomic E-state index is 0.0132. The van der Waals surface area contributed by atoms with E-state index in [1.807, 2.05) is 0 Å². The summed E-state index contributed by atoms with van der Waals surface area (Å²) in [6, 6.07) is 0. The molecule has 0 aliphatic carbocycles. The fourth-order valence-electron chi connectivity index (χ4n) is 0.693. The van der Waals surface area contributed by atoms with Gasteiger partial charge in [-0.05, 0) is 0 Å². The summed E-state index contributed by atoms with van der Waals surface area (Å²) < 4.78 is 14.2. The lowest BCUT2D eigenvalue weighted by Crippen LogP contribution is -2.15. The number of hydrogen-bond donors (Lipinski definition) is 3. The molecule has 0 aromatic heterocycles. The number of esters is 1. The van der Waals surface area contributed by atoms with Crippen LogP contribution >= 0.6 is 0 Å². The van der Waals surface area contributed by atoms with Crippen molar-refractivity contribution in [3.63, 3.8) is 0 Å². The van der Waals surface area contributed by atoms with E-state index in [1.54, 1.807) is 0 Å². The first-order valence-electron chi connectivity index (χ1n) is 4.70. The van der Waals surface area contributed by atoms with Gasteiger partial charge in [0.2, 0.25) is 5.76 Å². The molecule has 0 bridgehead atoms. The van der Waals surface area contributed by atoms with E-state index in [0.717, 1.165) is 6.26 Å². The van der Waals surface area contributed by atoms with Crippen LogP contribution < -0.4 is 0 Å². The molecule has 0 unspecified atom stereocenters. The molecule has 0 aromatic rings. The van der Waals surface area contributed by atoms with Gasteiger partial charge in [-0.1, -0.05) is 0 Å². The summed E-state index contributed by atoms with van der Waals surface area (Å²) >= 11 is 0. The van der Waals surface area contributed by atoms with Crippen LogP contribution in [0.2, 0.25) is 0 Å². The molecule has 0 radical (unpaired) electrons. The van der Waals surface area contributed by atoms with Gasteiger partial charge >= 0.3 is 5.97 Å². The van der Waals surface area contributed by atoms with Gasteiger partial charge in [-0.3, -0.25) is 0 Å². The van der Waals surface area contributed by atoms with Crippen molar-refractivity contribution in [2.45, 2.75) is 0 Å². The molecule has 94 valence electrons. The van der Waals surface area contributed by atoms with E-state index in [1.165, 1.54) is 0 Å². The Morgan fingerprint density at radius 2 is 1.50 bits per heavy atom. The van der Waals surface area contributed by atoms with Crippen LogP contribution in [0.15, 0.2) is 12.0 Å². The van der Waals surface area contributed by atoms with E-state index < -0.39 is 5.97 Å². The maximum absolute atomic E-state index is 11.3. The van der Waals surface area contributed by atoms with Crippen LogP contribution in [0.4, 0.5) is 0 Å². The smallest absolute Gasteiger partial charge is 0.377 e. The maximum Gasteiger partial charge on any atom is 0.377 e. The molecule has 0 fully saturated rings.